The third-order valence-electron chi connectivity index (χ3n) is 7.02. The molecule has 6 nitrogen and oxygen atoms in total. The summed E-state index contributed by atoms with van der Waals surface area (Å²) in [5.41, 5.74) is 5.11. The maximum Gasteiger partial charge on any atom is 0.308 e. The molecule has 0 bridgehead atoms. The summed E-state index contributed by atoms with van der Waals surface area (Å²) in [7, 11) is 0. The molecule has 216 valence electrons. The number of carbonyl (C=O) groups excluding carboxylic acids is 2. The van der Waals surface area contributed by atoms with Crippen molar-refractivity contribution >= 4 is 46.0 Å². The number of aromatic amines is 1. The molecule has 41 heavy (non-hydrogen) atoms. The lowest BCUT2D eigenvalue weighted by atomic mass is 9.76. The molecule has 0 aliphatic rings. The minimum Gasteiger partial charge on any atom is -0.460 e. The number of esters is 1. The fourth-order valence-corrected chi connectivity index (χ4v) is 5.66. The zero-order chi connectivity index (χ0) is 29.7. The van der Waals surface area contributed by atoms with Crippen LogP contribution in [0.15, 0.2) is 60.7 Å². The number of amides is 1. The van der Waals surface area contributed by atoms with Crippen LogP contribution in [0.2, 0.25) is 10.0 Å². The number of benzene rings is 3. The lowest BCUT2D eigenvalue weighted by Gasteiger charge is -2.28. The molecule has 1 heterocycles. The Morgan fingerprint density at radius 2 is 1.63 bits per heavy atom. The van der Waals surface area contributed by atoms with Crippen molar-refractivity contribution in [1.29, 1.82) is 0 Å². The summed E-state index contributed by atoms with van der Waals surface area (Å²) in [4.78, 5) is 24.8. The first kappa shape index (κ1) is 30.6. The minimum atomic E-state index is -0.552. The highest BCUT2D eigenvalue weighted by atomic mass is 35.5. The first-order valence-electron chi connectivity index (χ1n) is 14.0. The molecule has 0 radical (unpaired) electrons. The van der Waals surface area contributed by atoms with Crippen molar-refractivity contribution in [3.05, 3.63) is 98.7 Å². The van der Waals surface area contributed by atoms with Gasteiger partial charge >= 0.3 is 5.97 Å². The molecule has 0 saturated heterocycles. The van der Waals surface area contributed by atoms with Gasteiger partial charge in [0.15, 0.2) is 0 Å². The van der Waals surface area contributed by atoms with E-state index in [-0.39, 0.29) is 36.7 Å². The van der Waals surface area contributed by atoms with Crippen molar-refractivity contribution in [3.8, 4) is 0 Å². The summed E-state index contributed by atoms with van der Waals surface area (Å²) in [5, 5.41) is 13.2. The maximum absolute atomic E-state index is 12.8. The predicted molar refractivity (Wildman–Crippen MR) is 166 cm³/mol. The van der Waals surface area contributed by atoms with Crippen molar-refractivity contribution in [1.82, 2.24) is 15.5 Å². The Morgan fingerprint density at radius 1 is 0.976 bits per heavy atom. The van der Waals surface area contributed by atoms with Crippen molar-refractivity contribution in [3.63, 3.8) is 0 Å². The molecule has 0 spiro atoms. The molecule has 1 aromatic heterocycles. The van der Waals surface area contributed by atoms with Crippen LogP contribution >= 0.6 is 23.2 Å². The smallest absolute Gasteiger partial charge is 0.308 e. The van der Waals surface area contributed by atoms with E-state index in [1.807, 2.05) is 76.2 Å². The standard InChI is InChI=1S/C33H37Cl2N3O3/c1-6-7-26(21-8-10-23(11-9-21)32(40)36-17-16-28(39)41-33(3,4)5)29(22-12-14-24(34)15-13-22)31-27-19-25(35)18-20(2)30(27)37-38-31/h8-15,18-19,26,29H,6-7,16-17H2,1-5H3,(H,36,40)(H,37,38). The normalized spacial score (nSPS) is 13.1. The zero-order valence-corrected chi connectivity index (χ0v) is 25.7. The molecule has 0 saturated carbocycles. The van der Waals surface area contributed by atoms with E-state index in [1.165, 1.54) is 0 Å². The third-order valence-corrected chi connectivity index (χ3v) is 7.49. The second-order valence-electron chi connectivity index (χ2n) is 11.4. The van der Waals surface area contributed by atoms with Crippen LogP contribution in [0.1, 0.15) is 91.5 Å². The number of hydrogen-bond acceptors (Lipinski definition) is 4. The van der Waals surface area contributed by atoms with Gasteiger partial charge in [-0.3, -0.25) is 14.7 Å². The molecule has 2 N–H and O–H groups in total. The second kappa shape index (κ2) is 13.1. The van der Waals surface area contributed by atoms with Crippen molar-refractivity contribution in [2.24, 2.45) is 0 Å². The average molecular weight is 595 g/mol. The van der Waals surface area contributed by atoms with Crippen LogP contribution in [-0.4, -0.2) is 34.2 Å². The van der Waals surface area contributed by atoms with Gasteiger partial charge in [-0.25, -0.2) is 0 Å². The molecular formula is C33H37Cl2N3O3. The van der Waals surface area contributed by atoms with Crippen molar-refractivity contribution < 1.29 is 14.3 Å². The number of fused-ring (bicyclic) bond motifs is 1. The van der Waals surface area contributed by atoms with Gasteiger partial charge in [0.2, 0.25) is 0 Å². The fraction of sp³-hybridized carbons (Fsp3) is 0.364. The van der Waals surface area contributed by atoms with Crippen molar-refractivity contribution in [2.45, 2.75) is 71.3 Å². The molecule has 4 aromatic rings. The summed E-state index contributed by atoms with van der Waals surface area (Å²) in [6.45, 7) is 9.85. The molecule has 0 aliphatic heterocycles. The van der Waals surface area contributed by atoms with Crippen LogP contribution in [0, 0.1) is 6.92 Å². The van der Waals surface area contributed by atoms with E-state index in [4.69, 9.17) is 27.9 Å². The number of aromatic nitrogens is 2. The number of aryl methyl sites for hydroxylation is 1. The second-order valence-corrected chi connectivity index (χ2v) is 12.3. The van der Waals surface area contributed by atoms with Crippen molar-refractivity contribution in [2.75, 3.05) is 6.54 Å². The van der Waals surface area contributed by atoms with Crippen LogP contribution in [0.5, 0.6) is 0 Å². The van der Waals surface area contributed by atoms with Crippen LogP contribution in [0.4, 0.5) is 0 Å². The van der Waals surface area contributed by atoms with Gasteiger partial charge in [-0.15, -0.1) is 0 Å². The van der Waals surface area contributed by atoms with Gasteiger partial charge < -0.3 is 10.1 Å². The summed E-state index contributed by atoms with van der Waals surface area (Å²) < 4.78 is 5.31. The molecule has 0 aliphatic carbocycles. The molecule has 0 fully saturated rings. The number of hydrogen-bond donors (Lipinski definition) is 2. The molecule has 1 amide bonds. The van der Waals surface area contributed by atoms with E-state index in [9.17, 15) is 9.59 Å². The lowest BCUT2D eigenvalue weighted by molar-refractivity contribution is -0.154. The molecule has 8 heteroatoms. The highest BCUT2D eigenvalue weighted by molar-refractivity contribution is 6.31. The first-order chi connectivity index (χ1) is 19.5. The number of ether oxygens (including phenoxy) is 1. The summed E-state index contributed by atoms with van der Waals surface area (Å²) in [6, 6.07) is 19.6. The molecule has 2 atom stereocenters. The van der Waals surface area contributed by atoms with E-state index >= 15 is 0 Å². The quantitative estimate of drug-likeness (QED) is 0.181. The fourth-order valence-electron chi connectivity index (χ4n) is 5.26. The van der Waals surface area contributed by atoms with Gasteiger partial charge in [-0.05, 0) is 93.1 Å². The third kappa shape index (κ3) is 7.69. The SMILES string of the molecule is CCCC(c1ccc(C(=O)NCCC(=O)OC(C)(C)C)cc1)C(c1ccc(Cl)cc1)c1[nH]nc2c(C)cc(Cl)cc12. The Morgan fingerprint density at radius 3 is 2.27 bits per heavy atom. The number of nitrogens with one attached hydrogen (secondary N) is 2. The Bertz CT molecular complexity index is 1510. The highest BCUT2D eigenvalue weighted by Gasteiger charge is 2.30. The van der Waals surface area contributed by atoms with Crippen LogP contribution < -0.4 is 5.32 Å². The number of carbonyl (C=O) groups is 2. The van der Waals surface area contributed by atoms with Crippen LogP contribution in [0.3, 0.4) is 0 Å². The number of nitrogens with zero attached hydrogens (tertiary/aromatic N) is 1. The van der Waals surface area contributed by atoms with Gasteiger partial charge in [0.05, 0.1) is 17.6 Å². The van der Waals surface area contributed by atoms with Crippen LogP contribution in [0.25, 0.3) is 10.9 Å². The molecule has 4 rings (SSSR count). The predicted octanol–water partition coefficient (Wildman–Crippen LogP) is 8.36. The number of H-pyrrole nitrogens is 1. The molecule has 2 unspecified atom stereocenters. The van der Waals surface area contributed by atoms with Gasteiger partial charge in [0, 0.05) is 33.5 Å². The Hall–Kier alpha value is -3.35. The average Bonchev–Trinajstić information content (AvgIpc) is 3.32. The summed E-state index contributed by atoms with van der Waals surface area (Å²) in [5.74, 6) is -0.533. The minimum absolute atomic E-state index is 0.0522. The molecular weight excluding hydrogens is 557 g/mol. The van der Waals surface area contributed by atoms with E-state index in [0.717, 1.165) is 46.1 Å². The van der Waals surface area contributed by atoms with Gasteiger partial charge in [0.1, 0.15) is 5.60 Å². The van der Waals surface area contributed by atoms with E-state index in [0.29, 0.717) is 15.6 Å². The van der Waals surface area contributed by atoms with Gasteiger partial charge in [0.25, 0.3) is 5.91 Å². The summed E-state index contributed by atoms with van der Waals surface area (Å²) in [6.07, 6.45) is 1.99. The Balaban J connectivity index is 1.63. The van der Waals surface area contributed by atoms with E-state index in [2.05, 4.69) is 34.6 Å². The zero-order valence-electron chi connectivity index (χ0n) is 24.2. The molecule has 3 aromatic carbocycles. The topological polar surface area (TPSA) is 84.1 Å². The highest BCUT2D eigenvalue weighted by Crippen LogP contribution is 2.44. The Kier molecular flexibility index (Phi) is 9.77. The van der Waals surface area contributed by atoms with Crippen LogP contribution in [-0.2, 0) is 9.53 Å². The number of halogens is 2. The first-order valence-corrected chi connectivity index (χ1v) is 14.7. The Labute approximate surface area is 251 Å². The van der Waals surface area contributed by atoms with E-state index in [1.54, 1.807) is 0 Å². The number of rotatable bonds is 10. The van der Waals surface area contributed by atoms with Gasteiger partial charge in [-0.1, -0.05) is 60.8 Å². The summed E-state index contributed by atoms with van der Waals surface area (Å²) >= 11 is 12.8. The largest absolute Gasteiger partial charge is 0.460 e. The monoisotopic (exact) mass is 593 g/mol. The lowest BCUT2D eigenvalue weighted by Crippen LogP contribution is -2.29. The van der Waals surface area contributed by atoms with Gasteiger partial charge in [-0.2, -0.15) is 5.10 Å². The van der Waals surface area contributed by atoms with E-state index < -0.39 is 5.60 Å². The maximum atomic E-state index is 12.8.